The summed E-state index contributed by atoms with van der Waals surface area (Å²) in [7, 11) is 0. The van der Waals surface area contributed by atoms with E-state index in [-0.39, 0.29) is 5.91 Å². The number of anilines is 1. The Morgan fingerprint density at radius 3 is 2.18 bits per heavy atom. The molecule has 1 amide bonds. The molecule has 0 fully saturated rings. The fourth-order valence-electron chi connectivity index (χ4n) is 1.84. The van der Waals surface area contributed by atoms with Crippen LogP contribution in [0, 0.1) is 0 Å². The first kappa shape index (κ1) is 13.6. The van der Waals surface area contributed by atoms with Crippen LogP contribution in [0.3, 0.4) is 0 Å². The van der Waals surface area contributed by atoms with E-state index in [1.165, 1.54) is 0 Å². The van der Waals surface area contributed by atoms with Gasteiger partial charge in [-0.15, -0.1) is 0 Å². The molecule has 3 nitrogen and oxygen atoms in total. The van der Waals surface area contributed by atoms with Gasteiger partial charge in [-0.05, 0) is 39.8 Å². The Morgan fingerprint density at radius 2 is 1.71 bits per heavy atom. The van der Waals surface area contributed by atoms with E-state index in [2.05, 4.69) is 5.32 Å². The van der Waals surface area contributed by atoms with Crippen molar-refractivity contribution in [2.24, 2.45) is 0 Å². The monoisotopic (exact) mass is 234 g/mol. The first-order chi connectivity index (χ1) is 8.01. The second kappa shape index (κ2) is 5.71. The molecule has 0 atom stereocenters. The summed E-state index contributed by atoms with van der Waals surface area (Å²) in [5.41, 5.74) is 0.394. The fraction of sp³-hybridized carbons (Fsp3) is 0.500. The van der Waals surface area contributed by atoms with Gasteiger partial charge in [0.1, 0.15) is 5.54 Å². The van der Waals surface area contributed by atoms with Crippen LogP contribution in [-0.2, 0) is 4.79 Å². The number of likely N-dealkylation sites (N-methyl/N-ethyl adjacent to an activating group) is 1. The van der Waals surface area contributed by atoms with Crippen molar-refractivity contribution in [1.82, 2.24) is 4.90 Å². The van der Waals surface area contributed by atoms with Gasteiger partial charge in [-0.1, -0.05) is 18.2 Å². The van der Waals surface area contributed by atoms with Crippen LogP contribution in [0.4, 0.5) is 5.69 Å². The van der Waals surface area contributed by atoms with E-state index in [4.69, 9.17) is 0 Å². The van der Waals surface area contributed by atoms with Crippen LogP contribution in [0.1, 0.15) is 27.7 Å². The van der Waals surface area contributed by atoms with Crippen molar-refractivity contribution >= 4 is 11.6 Å². The molecule has 0 aromatic heterocycles. The maximum absolute atomic E-state index is 12.3. The SMILES string of the molecule is CCN(CC)C(=O)C(C)(C)Nc1ccccc1. The molecule has 0 aliphatic carbocycles. The van der Waals surface area contributed by atoms with Gasteiger partial charge in [0.15, 0.2) is 0 Å². The first-order valence-electron chi connectivity index (χ1n) is 6.14. The summed E-state index contributed by atoms with van der Waals surface area (Å²) in [6, 6.07) is 9.82. The summed E-state index contributed by atoms with van der Waals surface area (Å²) in [5, 5.41) is 3.28. The molecule has 0 saturated heterocycles. The summed E-state index contributed by atoms with van der Waals surface area (Å²) >= 11 is 0. The zero-order valence-corrected chi connectivity index (χ0v) is 11.2. The van der Waals surface area contributed by atoms with Crippen molar-refractivity contribution in [2.75, 3.05) is 18.4 Å². The number of hydrogen-bond donors (Lipinski definition) is 1. The number of amides is 1. The van der Waals surface area contributed by atoms with Crippen LogP contribution >= 0.6 is 0 Å². The van der Waals surface area contributed by atoms with Crippen LogP contribution in [0.15, 0.2) is 30.3 Å². The van der Waals surface area contributed by atoms with Gasteiger partial charge in [-0.2, -0.15) is 0 Å². The van der Waals surface area contributed by atoms with Crippen molar-refractivity contribution in [1.29, 1.82) is 0 Å². The number of nitrogens with zero attached hydrogens (tertiary/aromatic N) is 1. The maximum atomic E-state index is 12.3. The molecule has 0 heterocycles. The highest BCUT2D eigenvalue weighted by Crippen LogP contribution is 2.17. The minimum absolute atomic E-state index is 0.131. The molecule has 1 N–H and O–H groups in total. The average molecular weight is 234 g/mol. The lowest BCUT2D eigenvalue weighted by molar-refractivity contribution is -0.134. The van der Waals surface area contributed by atoms with Crippen molar-refractivity contribution in [3.8, 4) is 0 Å². The molecule has 0 unspecified atom stereocenters. The van der Waals surface area contributed by atoms with Crippen molar-refractivity contribution in [3.05, 3.63) is 30.3 Å². The summed E-state index contributed by atoms with van der Waals surface area (Å²) in [6.45, 7) is 9.33. The number of nitrogens with one attached hydrogen (secondary N) is 1. The lowest BCUT2D eigenvalue weighted by atomic mass is 10.0. The van der Waals surface area contributed by atoms with Crippen LogP contribution in [0.5, 0.6) is 0 Å². The Morgan fingerprint density at radius 1 is 1.18 bits per heavy atom. The van der Waals surface area contributed by atoms with E-state index in [9.17, 15) is 4.79 Å². The highest BCUT2D eigenvalue weighted by atomic mass is 16.2. The van der Waals surface area contributed by atoms with Gasteiger partial charge in [0.25, 0.3) is 0 Å². The van der Waals surface area contributed by atoms with Gasteiger partial charge in [0, 0.05) is 18.8 Å². The number of carbonyl (C=O) groups is 1. The number of hydrogen-bond acceptors (Lipinski definition) is 2. The molecule has 1 aromatic rings. The average Bonchev–Trinajstić information content (AvgIpc) is 2.31. The largest absolute Gasteiger partial charge is 0.372 e. The van der Waals surface area contributed by atoms with E-state index in [1.807, 2.05) is 62.9 Å². The van der Waals surface area contributed by atoms with Gasteiger partial charge >= 0.3 is 0 Å². The highest BCUT2D eigenvalue weighted by Gasteiger charge is 2.30. The molecule has 94 valence electrons. The Bertz CT molecular complexity index is 356. The Labute approximate surface area is 104 Å². The second-order valence-electron chi connectivity index (χ2n) is 4.59. The molecule has 1 aromatic carbocycles. The van der Waals surface area contributed by atoms with E-state index < -0.39 is 5.54 Å². The molecular weight excluding hydrogens is 212 g/mol. The zero-order chi connectivity index (χ0) is 12.9. The minimum atomic E-state index is -0.576. The number of para-hydroxylation sites is 1. The molecule has 0 aliphatic heterocycles. The smallest absolute Gasteiger partial charge is 0.247 e. The molecule has 0 bridgehead atoms. The van der Waals surface area contributed by atoms with Crippen molar-refractivity contribution < 1.29 is 4.79 Å². The van der Waals surface area contributed by atoms with Crippen LogP contribution in [-0.4, -0.2) is 29.4 Å². The Kier molecular flexibility index (Phi) is 4.55. The van der Waals surface area contributed by atoms with Crippen LogP contribution in [0.2, 0.25) is 0 Å². The quantitative estimate of drug-likeness (QED) is 0.849. The Balaban J connectivity index is 2.77. The predicted octanol–water partition coefficient (Wildman–Crippen LogP) is 2.75. The third-order valence-corrected chi connectivity index (χ3v) is 2.82. The number of rotatable bonds is 5. The normalized spacial score (nSPS) is 11.1. The van der Waals surface area contributed by atoms with E-state index >= 15 is 0 Å². The number of carbonyl (C=O) groups excluding carboxylic acids is 1. The number of benzene rings is 1. The van der Waals surface area contributed by atoms with Crippen molar-refractivity contribution in [3.63, 3.8) is 0 Å². The van der Waals surface area contributed by atoms with Crippen LogP contribution in [0.25, 0.3) is 0 Å². The predicted molar refractivity (Wildman–Crippen MR) is 72.1 cm³/mol. The van der Waals surface area contributed by atoms with E-state index in [0.717, 1.165) is 18.8 Å². The van der Waals surface area contributed by atoms with Gasteiger partial charge < -0.3 is 10.2 Å². The fourth-order valence-corrected chi connectivity index (χ4v) is 1.84. The van der Waals surface area contributed by atoms with Gasteiger partial charge in [0.2, 0.25) is 5.91 Å². The van der Waals surface area contributed by atoms with Gasteiger partial charge in [-0.25, -0.2) is 0 Å². The molecule has 0 radical (unpaired) electrons. The molecule has 17 heavy (non-hydrogen) atoms. The van der Waals surface area contributed by atoms with Gasteiger partial charge in [0.05, 0.1) is 0 Å². The molecule has 1 rings (SSSR count). The third-order valence-electron chi connectivity index (χ3n) is 2.82. The molecule has 0 spiro atoms. The topological polar surface area (TPSA) is 32.3 Å². The molecular formula is C14H22N2O. The lowest BCUT2D eigenvalue weighted by Gasteiger charge is -2.32. The Hall–Kier alpha value is -1.51. The van der Waals surface area contributed by atoms with Crippen LogP contribution < -0.4 is 5.32 Å². The molecule has 3 heteroatoms. The summed E-state index contributed by atoms with van der Waals surface area (Å²) in [5.74, 6) is 0.131. The standard InChI is InChI=1S/C14H22N2O/c1-5-16(6-2)13(17)14(3,4)15-12-10-8-7-9-11-12/h7-11,15H,5-6H2,1-4H3. The maximum Gasteiger partial charge on any atom is 0.247 e. The lowest BCUT2D eigenvalue weighted by Crippen LogP contribution is -2.49. The highest BCUT2D eigenvalue weighted by molar-refractivity contribution is 5.88. The second-order valence-corrected chi connectivity index (χ2v) is 4.59. The molecule has 0 aliphatic rings. The minimum Gasteiger partial charge on any atom is -0.372 e. The zero-order valence-electron chi connectivity index (χ0n) is 11.2. The van der Waals surface area contributed by atoms with E-state index in [0.29, 0.717) is 0 Å². The summed E-state index contributed by atoms with van der Waals surface area (Å²) in [6.07, 6.45) is 0. The summed E-state index contributed by atoms with van der Waals surface area (Å²) in [4.78, 5) is 14.1. The molecule has 0 saturated carbocycles. The van der Waals surface area contributed by atoms with Crippen molar-refractivity contribution in [2.45, 2.75) is 33.2 Å². The van der Waals surface area contributed by atoms with E-state index in [1.54, 1.807) is 0 Å². The first-order valence-corrected chi connectivity index (χ1v) is 6.14. The summed E-state index contributed by atoms with van der Waals surface area (Å²) < 4.78 is 0. The third kappa shape index (κ3) is 3.48. The van der Waals surface area contributed by atoms with Gasteiger partial charge in [-0.3, -0.25) is 4.79 Å².